The monoisotopic (exact) mass is 315 g/mol. The van der Waals surface area contributed by atoms with Gasteiger partial charge in [0.25, 0.3) is 5.56 Å². The van der Waals surface area contributed by atoms with Crippen LogP contribution in [0, 0.1) is 0 Å². The number of azo groups is 1. The summed E-state index contributed by atoms with van der Waals surface area (Å²) >= 11 is 0. The summed E-state index contributed by atoms with van der Waals surface area (Å²) in [5, 5.41) is 15.8. The molecule has 0 saturated heterocycles. The molecule has 0 aliphatic carbocycles. The quantitative estimate of drug-likeness (QED) is 0.551. The highest BCUT2D eigenvalue weighted by Crippen LogP contribution is 2.28. The lowest BCUT2D eigenvalue weighted by atomic mass is 10.0. The standard InChI is InChI=1S/C18H13N5O/c24-18-17(22-20-15-7-3-4-10-19-15)16(21-23-18)14-9-8-12-5-1-2-6-13(12)11-14/h1-11H,(H2,21,23,24). The molecule has 0 atom stereocenters. The van der Waals surface area contributed by atoms with Crippen LogP contribution >= 0.6 is 0 Å². The van der Waals surface area contributed by atoms with Gasteiger partial charge in [0, 0.05) is 11.8 Å². The van der Waals surface area contributed by atoms with E-state index in [0.717, 1.165) is 16.3 Å². The minimum atomic E-state index is -0.321. The van der Waals surface area contributed by atoms with Crippen molar-refractivity contribution in [1.82, 2.24) is 15.2 Å². The number of hydrogen-bond acceptors (Lipinski definition) is 4. The Labute approximate surface area is 136 Å². The van der Waals surface area contributed by atoms with Crippen LogP contribution < -0.4 is 5.56 Å². The molecule has 2 aromatic heterocycles. The van der Waals surface area contributed by atoms with Crippen molar-refractivity contribution in [2.45, 2.75) is 0 Å². The van der Waals surface area contributed by atoms with Crippen LogP contribution in [-0.2, 0) is 0 Å². The summed E-state index contributed by atoms with van der Waals surface area (Å²) in [6, 6.07) is 19.3. The maximum Gasteiger partial charge on any atom is 0.292 e. The van der Waals surface area contributed by atoms with E-state index in [1.807, 2.05) is 48.5 Å². The lowest BCUT2D eigenvalue weighted by Gasteiger charge is -2.02. The molecule has 2 aromatic carbocycles. The second-order valence-corrected chi connectivity index (χ2v) is 5.25. The molecule has 0 saturated carbocycles. The second-order valence-electron chi connectivity index (χ2n) is 5.25. The van der Waals surface area contributed by atoms with Gasteiger partial charge in [0.1, 0.15) is 0 Å². The van der Waals surface area contributed by atoms with E-state index in [2.05, 4.69) is 25.4 Å². The highest BCUT2D eigenvalue weighted by Gasteiger charge is 2.12. The Morgan fingerprint density at radius 2 is 1.67 bits per heavy atom. The van der Waals surface area contributed by atoms with E-state index in [1.54, 1.807) is 18.3 Å². The van der Waals surface area contributed by atoms with Gasteiger partial charge in [-0.3, -0.25) is 15.0 Å². The van der Waals surface area contributed by atoms with E-state index < -0.39 is 0 Å². The summed E-state index contributed by atoms with van der Waals surface area (Å²) in [5.74, 6) is 0.447. The Morgan fingerprint density at radius 3 is 2.50 bits per heavy atom. The van der Waals surface area contributed by atoms with Crippen molar-refractivity contribution in [3.63, 3.8) is 0 Å². The molecule has 116 valence electrons. The van der Waals surface area contributed by atoms with E-state index in [4.69, 9.17) is 0 Å². The number of benzene rings is 2. The van der Waals surface area contributed by atoms with Gasteiger partial charge in [-0.05, 0) is 29.0 Å². The molecule has 4 rings (SSSR count). The Bertz CT molecular complexity index is 1080. The first-order valence-electron chi connectivity index (χ1n) is 7.44. The van der Waals surface area contributed by atoms with Crippen LogP contribution in [0.15, 0.2) is 81.9 Å². The number of H-pyrrole nitrogens is 2. The zero-order chi connectivity index (χ0) is 16.4. The normalized spacial score (nSPS) is 11.3. The zero-order valence-corrected chi connectivity index (χ0v) is 12.6. The Balaban J connectivity index is 1.78. The number of aromatic nitrogens is 3. The SMILES string of the molecule is O=c1[nH][nH]c(-c2ccc3ccccc3c2)c1N=Nc1ccccn1. The van der Waals surface area contributed by atoms with E-state index in [9.17, 15) is 4.79 Å². The lowest BCUT2D eigenvalue weighted by Crippen LogP contribution is -1.96. The van der Waals surface area contributed by atoms with E-state index in [0.29, 0.717) is 11.5 Å². The largest absolute Gasteiger partial charge is 0.295 e. The molecule has 0 fully saturated rings. The van der Waals surface area contributed by atoms with Gasteiger partial charge in [0.05, 0.1) is 5.69 Å². The van der Waals surface area contributed by atoms with Crippen LogP contribution in [0.4, 0.5) is 11.5 Å². The van der Waals surface area contributed by atoms with Crippen molar-refractivity contribution in [2.24, 2.45) is 10.2 Å². The molecule has 4 aromatic rings. The predicted molar refractivity (Wildman–Crippen MR) is 92.8 cm³/mol. The number of nitrogens with one attached hydrogen (secondary N) is 2. The third-order valence-electron chi connectivity index (χ3n) is 3.69. The minimum absolute atomic E-state index is 0.232. The Morgan fingerprint density at radius 1 is 0.833 bits per heavy atom. The van der Waals surface area contributed by atoms with Gasteiger partial charge >= 0.3 is 0 Å². The van der Waals surface area contributed by atoms with Crippen LogP contribution in [0.1, 0.15) is 0 Å². The number of hydrogen-bond donors (Lipinski definition) is 2. The summed E-state index contributed by atoms with van der Waals surface area (Å²) in [7, 11) is 0. The maximum absolute atomic E-state index is 12.0. The molecule has 0 aliphatic heterocycles. The van der Waals surface area contributed by atoms with Gasteiger partial charge in [0.15, 0.2) is 11.5 Å². The van der Waals surface area contributed by atoms with E-state index >= 15 is 0 Å². The molecule has 0 amide bonds. The van der Waals surface area contributed by atoms with E-state index in [-0.39, 0.29) is 11.2 Å². The average Bonchev–Trinajstić information content (AvgIpc) is 3.01. The summed E-state index contributed by atoms with van der Waals surface area (Å²) in [6.45, 7) is 0. The van der Waals surface area contributed by atoms with Crippen LogP contribution in [0.2, 0.25) is 0 Å². The number of nitrogens with zero attached hydrogens (tertiary/aromatic N) is 3. The van der Waals surface area contributed by atoms with Crippen molar-refractivity contribution in [3.8, 4) is 11.3 Å². The van der Waals surface area contributed by atoms with Crippen LogP contribution in [0.25, 0.3) is 22.0 Å². The molecule has 0 unspecified atom stereocenters. The van der Waals surface area contributed by atoms with Gasteiger partial charge in [0.2, 0.25) is 0 Å². The number of fused-ring (bicyclic) bond motifs is 1. The summed E-state index contributed by atoms with van der Waals surface area (Å²) in [6.07, 6.45) is 1.62. The van der Waals surface area contributed by atoms with Gasteiger partial charge < -0.3 is 0 Å². The molecule has 0 aliphatic rings. The fourth-order valence-electron chi connectivity index (χ4n) is 2.51. The number of rotatable bonds is 3. The third kappa shape index (κ3) is 2.61. The molecule has 6 heteroatoms. The highest BCUT2D eigenvalue weighted by molar-refractivity contribution is 5.88. The molecular formula is C18H13N5O. The fraction of sp³-hybridized carbons (Fsp3) is 0. The first-order chi connectivity index (χ1) is 11.8. The lowest BCUT2D eigenvalue weighted by molar-refractivity contribution is 1.06. The van der Waals surface area contributed by atoms with Crippen molar-refractivity contribution in [2.75, 3.05) is 0 Å². The van der Waals surface area contributed by atoms with Crippen molar-refractivity contribution >= 4 is 22.3 Å². The molecule has 6 nitrogen and oxygen atoms in total. The van der Waals surface area contributed by atoms with Gasteiger partial charge in [-0.25, -0.2) is 4.98 Å². The van der Waals surface area contributed by atoms with Crippen molar-refractivity contribution < 1.29 is 0 Å². The van der Waals surface area contributed by atoms with Gasteiger partial charge in [-0.2, -0.15) is 0 Å². The Kier molecular flexibility index (Phi) is 3.47. The van der Waals surface area contributed by atoms with Crippen LogP contribution in [0.5, 0.6) is 0 Å². The first-order valence-corrected chi connectivity index (χ1v) is 7.44. The highest BCUT2D eigenvalue weighted by atomic mass is 16.1. The molecule has 24 heavy (non-hydrogen) atoms. The average molecular weight is 315 g/mol. The molecule has 0 spiro atoms. The van der Waals surface area contributed by atoms with Gasteiger partial charge in [-0.1, -0.05) is 42.5 Å². The first kappa shape index (κ1) is 14.1. The summed E-state index contributed by atoms with van der Waals surface area (Å²) in [4.78, 5) is 16.1. The molecule has 2 N–H and O–H groups in total. The summed E-state index contributed by atoms with van der Waals surface area (Å²) in [5.41, 5.74) is 1.38. The predicted octanol–water partition coefficient (Wildman–Crippen LogP) is 4.33. The topological polar surface area (TPSA) is 86.3 Å². The number of pyridine rings is 1. The second kappa shape index (κ2) is 5.92. The minimum Gasteiger partial charge on any atom is -0.295 e. The Hall–Kier alpha value is -3.54. The zero-order valence-electron chi connectivity index (χ0n) is 12.6. The molecule has 0 radical (unpaired) electrons. The summed E-state index contributed by atoms with van der Waals surface area (Å²) < 4.78 is 0. The molecule has 0 bridgehead atoms. The fourth-order valence-corrected chi connectivity index (χ4v) is 2.51. The van der Waals surface area contributed by atoms with Gasteiger partial charge in [-0.15, -0.1) is 10.2 Å². The smallest absolute Gasteiger partial charge is 0.292 e. The van der Waals surface area contributed by atoms with Crippen LogP contribution in [0.3, 0.4) is 0 Å². The van der Waals surface area contributed by atoms with Crippen molar-refractivity contribution in [1.29, 1.82) is 0 Å². The van der Waals surface area contributed by atoms with Crippen LogP contribution in [-0.4, -0.2) is 15.2 Å². The van der Waals surface area contributed by atoms with E-state index in [1.165, 1.54) is 0 Å². The maximum atomic E-state index is 12.0. The van der Waals surface area contributed by atoms with Crippen molar-refractivity contribution in [3.05, 3.63) is 77.2 Å². The molecule has 2 heterocycles. The number of aromatic amines is 2. The third-order valence-corrected chi connectivity index (χ3v) is 3.69. The molecular weight excluding hydrogens is 302 g/mol.